The van der Waals surface area contributed by atoms with Gasteiger partial charge in [-0.25, -0.2) is 4.79 Å². The SMILES string of the molecule is CCCC(CC(=O)O)n1c(=O)n(Cc2cc(Br)cc3ccccc23)c2ccccc21. The minimum absolute atomic E-state index is 0.0679. The number of halogens is 1. The van der Waals surface area contributed by atoms with Crippen molar-refractivity contribution in [1.82, 2.24) is 9.13 Å². The molecule has 6 heteroatoms. The van der Waals surface area contributed by atoms with E-state index in [1.54, 1.807) is 9.13 Å². The third-order valence-electron chi connectivity index (χ3n) is 5.51. The molecular formula is C24H23BrN2O3. The molecule has 0 aliphatic heterocycles. The van der Waals surface area contributed by atoms with Crippen LogP contribution >= 0.6 is 15.9 Å². The van der Waals surface area contributed by atoms with Crippen molar-refractivity contribution in [2.24, 2.45) is 0 Å². The fourth-order valence-corrected chi connectivity index (χ4v) is 4.77. The molecule has 0 saturated heterocycles. The average molecular weight is 467 g/mol. The van der Waals surface area contributed by atoms with Crippen LogP contribution in [-0.4, -0.2) is 20.2 Å². The van der Waals surface area contributed by atoms with Gasteiger partial charge in [-0.3, -0.25) is 13.9 Å². The average Bonchev–Trinajstić information content (AvgIpc) is 2.99. The number of nitrogens with zero attached hydrogens (tertiary/aromatic N) is 2. The van der Waals surface area contributed by atoms with Crippen molar-refractivity contribution < 1.29 is 9.90 Å². The van der Waals surface area contributed by atoms with Gasteiger partial charge in [-0.2, -0.15) is 0 Å². The summed E-state index contributed by atoms with van der Waals surface area (Å²) < 4.78 is 4.39. The number of carboxylic acids is 1. The number of carbonyl (C=O) groups is 1. The first-order chi connectivity index (χ1) is 14.5. The van der Waals surface area contributed by atoms with Crippen LogP contribution < -0.4 is 5.69 Å². The molecule has 0 amide bonds. The minimum Gasteiger partial charge on any atom is -0.481 e. The predicted octanol–water partition coefficient (Wildman–Crippen LogP) is 5.58. The van der Waals surface area contributed by atoms with Crippen LogP contribution in [0.3, 0.4) is 0 Å². The lowest BCUT2D eigenvalue weighted by Gasteiger charge is -2.16. The van der Waals surface area contributed by atoms with Crippen LogP contribution in [0.5, 0.6) is 0 Å². The molecule has 30 heavy (non-hydrogen) atoms. The highest BCUT2D eigenvalue weighted by molar-refractivity contribution is 9.10. The molecule has 3 aromatic carbocycles. The quantitative estimate of drug-likeness (QED) is 0.386. The maximum Gasteiger partial charge on any atom is 0.329 e. The first-order valence-corrected chi connectivity index (χ1v) is 10.9. The maximum atomic E-state index is 13.5. The topological polar surface area (TPSA) is 64.2 Å². The molecule has 0 aliphatic carbocycles. The summed E-state index contributed by atoms with van der Waals surface area (Å²) in [5.74, 6) is -0.893. The number of hydrogen-bond donors (Lipinski definition) is 1. The van der Waals surface area contributed by atoms with E-state index in [4.69, 9.17) is 0 Å². The van der Waals surface area contributed by atoms with Gasteiger partial charge in [0, 0.05) is 10.5 Å². The summed E-state index contributed by atoms with van der Waals surface area (Å²) in [6, 6.07) is 19.5. The van der Waals surface area contributed by atoms with E-state index in [1.807, 2.05) is 49.4 Å². The van der Waals surface area contributed by atoms with Crippen LogP contribution in [0.15, 0.2) is 69.9 Å². The normalized spacial score (nSPS) is 12.5. The Bertz CT molecular complexity index is 1290. The van der Waals surface area contributed by atoms with E-state index < -0.39 is 5.97 Å². The number of imidazole rings is 1. The third-order valence-corrected chi connectivity index (χ3v) is 5.96. The molecule has 0 spiro atoms. The second kappa shape index (κ2) is 8.48. The number of para-hydroxylation sites is 2. The number of carboxylic acid groups (broad SMARTS) is 1. The van der Waals surface area contributed by atoms with Gasteiger partial charge in [0.25, 0.3) is 0 Å². The minimum atomic E-state index is -0.893. The molecule has 1 heterocycles. The highest BCUT2D eigenvalue weighted by Gasteiger charge is 2.22. The third kappa shape index (κ3) is 3.79. The Labute approximate surface area is 182 Å². The summed E-state index contributed by atoms with van der Waals surface area (Å²) in [5, 5.41) is 11.6. The summed E-state index contributed by atoms with van der Waals surface area (Å²) >= 11 is 3.58. The molecule has 0 aliphatic rings. The first kappa shape index (κ1) is 20.4. The van der Waals surface area contributed by atoms with E-state index >= 15 is 0 Å². The van der Waals surface area contributed by atoms with Gasteiger partial charge in [0.05, 0.1) is 24.0 Å². The van der Waals surface area contributed by atoms with Crippen LogP contribution in [0, 0.1) is 0 Å². The molecule has 0 fully saturated rings. The fraction of sp³-hybridized carbons (Fsp3) is 0.250. The van der Waals surface area contributed by atoms with Crippen molar-refractivity contribution in [2.45, 2.75) is 38.8 Å². The van der Waals surface area contributed by atoms with Crippen molar-refractivity contribution in [2.75, 3.05) is 0 Å². The van der Waals surface area contributed by atoms with E-state index in [1.165, 1.54) is 0 Å². The second-order valence-electron chi connectivity index (χ2n) is 7.55. The molecular weight excluding hydrogens is 444 g/mol. The molecule has 4 aromatic rings. The van der Waals surface area contributed by atoms with Gasteiger partial charge in [-0.1, -0.05) is 65.7 Å². The number of aromatic nitrogens is 2. The van der Waals surface area contributed by atoms with Crippen LogP contribution in [0.1, 0.15) is 37.8 Å². The summed E-state index contributed by atoms with van der Waals surface area (Å²) in [4.78, 5) is 25.0. The Morgan fingerprint density at radius 3 is 2.50 bits per heavy atom. The zero-order valence-corrected chi connectivity index (χ0v) is 18.3. The predicted molar refractivity (Wildman–Crippen MR) is 123 cm³/mol. The Balaban J connectivity index is 1.90. The van der Waals surface area contributed by atoms with Crippen LogP contribution in [-0.2, 0) is 11.3 Å². The summed E-state index contributed by atoms with van der Waals surface area (Å²) in [6.07, 6.45) is 1.38. The van der Waals surface area contributed by atoms with Gasteiger partial charge >= 0.3 is 11.7 Å². The standard InChI is InChI=1S/C24H23BrN2O3/c1-2-7-19(14-23(28)29)27-22-11-6-5-10-21(22)26(24(27)30)15-17-13-18(25)12-16-8-3-4-9-20(16)17/h3-6,8-13,19H,2,7,14-15H2,1H3,(H,28,29). The van der Waals surface area contributed by atoms with E-state index in [0.29, 0.717) is 13.0 Å². The molecule has 4 rings (SSSR count). The van der Waals surface area contributed by atoms with Crippen molar-refractivity contribution in [1.29, 1.82) is 0 Å². The monoisotopic (exact) mass is 466 g/mol. The summed E-state index contributed by atoms with van der Waals surface area (Å²) in [6.45, 7) is 2.42. The molecule has 154 valence electrons. The van der Waals surface area contributed by atoms with Gasteiger partial charge in [0.15, 0.2) is 0 Å². The Hall–Kier alpha value is -2.86. The van der Waals surface area contributed by atoms with E-state index in [0.717, 1.165) is 38.3 Å². The summed E-state index contributed by atoms with van der Waals surface area (Å²) in [5.41, 5.74) is 2.47. The van der Waals surface area contributed by atoms with Gasteiger partial charge < -0.3 is 5.11 Å². The summed E-state index contributed by atoms with van der Waals surface area (Å²) in [7, 11) is 0. The van der Waals surface area contributed by atoms with Crippen molar-refractivity contribution in [3.63, 3.8) is 0 Å². The highest BCUT2D eigenvalue weighted by atomic mass is 79.9. The van der Waals surface area contributed by atoms with Crippen LogP contribution in [0.4, 0.5) is 0 Å². The number of hydrogen-bond acceptors (Lipinski definition) is 2. The van der Waals surface area contributed by atoms with Crippen molar-refractivity contribution in [3.8, 4) is 0 Å². The molecule has 0 bridgehead atoms. The van der Waals surface area contributed by atoms with Crippen LogP contribution in [0.2, 0.25) is 0 Å². The lowest BCUT2D eigenvalue weighted by Crippen LogP contribution is -2.29. The molecule has 1 N–H and O–H groups in total. The molecule has 0 saturated carbocycles. The second-order valence-corrected chi connectivity index (χ2v) is 8.47. The van der Waals surface area contributed by atoms with E-state index in [2.05, 4.69) is 34.1 Å². The van der Waals surface area contributed by atoms with E-state index in [-0.39, 0.29) is 18.2 Å². The maximum absolute atomic E-state index is 13.5. The van der Waals surface area contributed by atoms with Gasteiger partial charge in [-0.15, -0.1) is 0 Å². The fourth-order valence-electron chi connectivity index (χ4n) is 4.25. The molecule has 1 atom stereocenters. The molecule has 1 unspecified atom stereocenters. The Kier molecular flexibility index (Phi) is 5.77. The first-order valence-electron chi connectivity index (χ1n) is 10.1. The zero-order chi connectivity index (χ0) is 21.3. The van der Waals surface area contributed by atoms with Crippen molar-refractivity contribution >= 4 is 43.7 Å². The lowest BCUT2D eigenvalue weighted by molar-refractivity contribution is -0.137. The molecule has 1 aromatic heterocycles. The highest BCUT2D eigenvalue weighted by Crippen LogP contribution is 2.27. The Morgan fingerprint density at radius 2 is 1.77 bits per heavy atom. The van der Waals surface area contributed by atoms with Crippen LogP contribution in [0.25, 0.3) is 21.8 Å². The van der Waals surface area contributed by atoms with Gasteiger partial charge in [0.1, 0.15) is 0 Å². The number of rotatable bonds is 7. The van der Waals surface area contributed by atoms with Crippen molar-refractivity contribution in [3.05, 3.63) is 81.2 Å². The molecule has 0 radical (unpaired) electrons. The number of fused-ring (bicyclic) bond motifs is 2. The largest absolute Gasteiger partial charge is 0.481 e. The zero-order valence-electron chi connectivity index (χ0n) is 16.7. The van der Waals surface area contributed by atoms with Gasteiger partial charge in [0.2, 0.25) is 0 Å². The number of aliphatic carboxylic acids is 1. The smallest absolute Gasteiger partial charge is 0.329 e. The van der Waals surface area contributed by atoms with Gasteiger partial charge in [-0.05, 0) is 47.0 Å². The Morgan fingerprint density at radius 1 is 1.07 bits per heavy atom. The molecule has 5 nitrogen and oxygen atoms in total. The number of benzene rings is 3. The van der Waals surface area contributed by atoms with E-state index in [9.17, 15) is 14.7 Å². The lowest BCUT2D eigenvalue weighted by atomic mass is 10.0.